The highest BCUT2D eigenvalue weighted by Crippen LogP contribution is 2.46. The first-order valence-corrected chi connectivity index (χ1v) is 11.5. The van der Waals surface area contributed by atoms with E-state index in [1.54, 1.807) is 17.0 Å². The topological polar surface area (TPSA) is 73.0 Å². The van der Waals surface area contributed by atoms with Crippen LogP contribution in [-0.4, -0.2) is 70.8 Å². The number of nitrogens with one attached hydrogen (secondary N) is 1. The number of carbonyl (C=O) groups is 3. The van der Waals surface area contributed by atoms with Crippen LogP contribution < -0.4 is 5.32 Å². The van der Waals surface area contributed by atoms with Gasteiger partial charge in [-0.1, -0.05) is 39.0 Å². The average molecular weight is 445 g/mol. The van der Waals surface area contributed by atoms with E-state index in [4.69, 9.17) is 0 Å². The normalized spacial score (nSPS) is 28.3. The van der Waals surface area contributed by atoms with Gasteiger partial charge in [-0.05, 0) is 36.7 Å². The number of urea groups is 1. The molecule has 0 bridgehead atoms. The zero-order chi connectivity index (χ0) is 23.1. The predicted octanol–water partition coefficient (Wildman–Crippen LogP) is 2.61. The number of amides is 4. The van der Waals surface area contributed by atoms with Crippen molar-refractivity contribution in [1.82, 2.24) is 20.0 Å². The number of hydrogen-bond donors (Lipinski definition) is 1. The third-order valence-electron chi connectivity index (χ3n) is 6.99. The van der Waals surface area contributed by atoms with Gasteiger partial charge in [0.1, 0.15) is 17.9 Å². The summed E-state index contributed by atoms with van der Waals surface area (Å²) in [5.74, 6) is -0.396. The highest BCUT2D eigenvalue weighted by molar-refractivity contribution is 6.09. The second-order valence-corrected chi connectivity index (χ2v) is 10.5. The summed E-state index contributed by atoms with van der Waals surface area (Å²) in [7, 11) is 0. The maximum absolute atomic E-state index is 13.9. The first kappa shape index (κ1) is 22.7. The maximum Gasteiger partial charge on any atom is 0.325 e. The van der Waals surface area contributed by atoms with Crippen molar-refractivity contribution < 1.29 is 18.8 Å². The molecule has 2 heterocycles. The Morgan fingerprint density at radius 3 is 2.47 bits per heavy atom. The van der Waals surface area contributed by atoms with Crippen molar-refractivity contribution in [3.05, 3.63) is 35.6 Å². The van der Waals surface area contributed by atoms with Gasteiger partial charge in [0.25, 0.3) is 5.91 Å². The van der Waals surface area contributed by atoms with E-state index < -0.39 is 11.6 Å². The van der Waals surface area contributed by atoms with Gasteiger partial charge in [-0.25, -0.2) is 9.18 Å². The van der Waals surface area contributed by atoms with E-state index in [0.717, 1.165) is 11.3 Å². The van der Waals surface area contributed by atoms with Gasteiger partial charge in [0, 0.05) is 38.3 Å². The molecule has 1 aliphatic carbocycles. The zero-order valence-corrected chi connectivity index (χ0v) is 19.2. The van der Waals surface area contributed by atoms with E-state index in [-0.39, 0.29) is 29.6 Å². The lowest BCUT2D eigenvalue weighted by Crippen LogP contribution is -2.55. The lowest BCUT2D eigenvalue weighted by molar-refractivity contribution is -0.141. The summed E-state index contributed by atoms with van der Waals surface area (Å²) in [4.78, 5) is 43.7. The Labute approximate surface area is 188 Å². The number of imide groups is 1. The van der Waals surface area contributed by atoms with Crippen molar-refractivity contribution in [1.29, 1.82) is 0 Å². The molecule has 3 fully saturated rings. The van der Waals surface area contributed by atoms with Crippen LogP contribution in [0.5, 0.6) is 0 Å². The quantitative estimate of drug-likeness (QED) is 0.725. The molecular weight excluding hydrogens is 411 g/mol. The zero-order valence-electron chi connectivity index (χ0n) is 19.2. The van der Waals surface area contributed by atoms with Gasteiger partial charge in [-0.3, -0.25) is 19.4 Å². The third kappa shape index (κ3) is 4.51. The van der Waals surface area contributed by atoms with Crippen molar-refractivity contribution in [2.75, 3.05) is 32.7 Å². The molecule has 8 heteroatoms. The molecule has 4 amide bonds. The van der Waals surface area contributed by atoms with Crippen molar-refractivity contribution in [2.24, 2.45) is 11.3 Å². The van der Waals surface area contributed by atoms with E-state index in [0.29, 0.717) is 57.0 Å². The molecule has 4 rings (SSSR count). The minimum absolute atomic E-state index is 0.0464. The summed E-state index contributed by atoms with van der Waals surface area (Å²) in [5.41, 5.74) is -0.298. The van der Waals surface area contributed by atoms with Gasteiger partial charge in [-0.15, -0.1) is 0 Å². The molecule has 0 aromatic heterocycles. The molecule has 2 unspecified atom stereocenters. The van der Waals surface area contributed by atoms with Gasteiger partial charge in [0.15, 0.2) is 0 Å². The molecule has 3 aliphatic rings. The molecule has 1 N–H and O–H groups in total. The van der Waals surface area contributed by atoms with E-state index in [9.17, 15) is 18.8 Å². The number of benzene rings is 1. The van der Waals surface area contributed by atoms with Gasteiger partial charge in [0.2, 0.25) is 5.91 Å². The first-order chi connectivity index (χ1) is 15.1. The van der Waals surface area contributed by atoms with Crippen LogP contribution in [0.1, 0.15) is 45.6 Å². The monoisotopic (exact) mass is 444 g/mol. The van der Waals surface area contributed by atoms with E-state index >= 15 is 0 Å². The molecule has 1 aromatic rings. The molecule has 2 atom stereocenters. The van der Waals surface area contributed by atoms with Crippen LogP contribution in [-0.2, 0) is 16.1 Å². The first-order valence-electron chi connectivity index (χ1n) is 11.5. The fourth-order valence-electron chi connectivity index (χ4n) is 5.91. The Morgan fingerprint density at radius 1 is 1.12 bits per heavy atom. The summed E-state index contributed by atoms with van der Waals surface area (Å²) in [6, 6.07) is 6.25. The van der Waals surface area contributed by atoms with E-state index in [1.807, 2.05) is 6.07 Å². The molecule has 0 radical (unpaired) electrons. The van der Waals surface area contributed by atoms with E-state index in [1.165, 1.54) is 6.07 Å². The van der Waals surface area contributed by atoms with Gasteiger partial charge < -0.3 is 10.2 Å². The van der Waals surface area contributed by atoms with Crippen LogP contribution in [0.15, 0.2) is 24.3 Å². The second-order valence-electron chi connectivity index (χ2n) is 10.5. The third-order valence-corrected chi connectivity index (χ3v) is 6.99. The predicted molar refractivity (Wildman–Crippen MR) is 118 cm³/mol. The van der Waals surface area contributed by atoms with Gasteiger partial charge in [-0.2, -0.15) is 0 Å². The average Bonchev–Trinajstić information content (AvgIpc) is 2.92. The number of rotatable bonds is 4. The maximum atomic E-state index is 13.9. The van der Waals surface area contributed by atoms with Crippen molar-refractivity contribution >= 4 is 17.8 Å². The fourth-order valence-corrected chi connectivity index (χ4v) is 5.91. The van der Waals surface area contributed by atoms with Crippen LogP contribution in [0.25, 0.3) is 0 Å². The highest BCUT2D eigenvalue weighted by atomic mass is 19.1. The van der Waals surface area contributed by atoms with Crippen LogP contribution >= 0.6 is 0 Å². The number of piperazine rings is 1. The minimum Gasteiger partial charge on any atom is -0.339 e. The number of carbonyl (C=O) groups excluding carboxylic acids is 3. The van der Waals surface area contributed by atoms with Crippen LogP contribution in [0.2, 0.25) is 0 Å². The number of halogens is 1. The van der Waals surface area contributed by atoms with Crippen molar-refractivity contribution in [2.45, 2.75) is 52.1 Å². The molecule has 1 saturated carbocycles. The Kier molecular flexibility index (Phi) is 6.00. The van der Waals surface area contributed by atoms with Crippen molar-refractivity contribution in [3.8, 4) is 0 Å². The molecule has 2 aliphatic heterocycles. The van der Waals surface area contributed by atoms with Crippen LogP contribution in [0, 0.1) is 17.2 Å². The fraction of sp³-hybridized carbons (Fsp3) is 0.625. The smallest absolute Gasteiger partial charge is 0.325 e. The Bertz CT molecular complexity index is 912. The second kappa shape index (κ2) is 8.46. The molecular formula is C24H33FN4O3. The van der Waals surface area contributed by atoms with Crippen molar-refractivity contribution in [3.63, 3.8) is 0 Å². The summed E-state index contributed by atoms with van der Waals surface area (Å²) in [6.45, 7) is 8.85. The largest absolute Gasteiger partial charge is 0.339 e. The molecule has 32 heavy (non-hydrogen) atoms. The molecule has 2 saturated heterocycles. The molecule has 1 spiro atoms. The summed E-state index contributed by atoms with van der Waals surface area (Å²) in [5, 5.41) is 2.93. The Hall–Kier alpha value is -2.48. The summed E-state index contributed by atoms with van der Waals surface area (Å²) in [6.07, 6.45) is 2.21. The molecule has 7 nitrogen and oxygen atoms in total. The van der Waals surface area contributed by atoms with Crippen LogP contribution in [0.3, 0.4) is 0 Å². The Balaban J connectivity index is 1.34. The summed E-state index contributed by atoms with van der Waals surface area (Å²) >= 11 is 0. The SMILES string of the molecule is CC1CC(C)(C)CC2(C1)NC(=O)N(CC(=O)N1CCN(Cc3ccccc3F)CC1)C2=O. The van der Waals surface area contributed by atoms with Gasteiger partial charge >= 0.3 is 6.03 Å². The lowest BCUT2D eigenvalue weighted by atomic mass is 9.64. The molecule has 174 valence electrons. The van der Waals surface area contributed by atoms with E-state index in [2.05, 4.69) is 31.0 Å². The van der Waals surface area contributed by atoms with Crippen LogP contribution in [0.4, 0.5) is 9.18 Å². The minimum atomic E-state index is -0.892. The number of nitrogens with zero attached hydrogens (tertiary/aromatic N) is 3. The Morgan fingerprint density at radius 2 is 1.81 bits per heavy atom. The lowest BCUT2D eigenvalue weighted by Gasteiger charge is -2.43. The molecule has 1 aromatic carbocycles. The highest BCUT2D eigenvalue weighted by Gasteiger charge is 2.56. The van der Waals surface area contributed by atoms with Gasteiger partial charge in [0.05, 0.1) is 0 Å². The standard InChI is InChI=1S/C24H33FN4O3/c1-17-12-23(2,3)16-24(13-17)21(31)29(22(32)26-24)15-20(30)28-10-8-27(9-11-28)14-18-6-4-5-7-19(18)25/h4-7,17H,8-16H2,1-3H3,(H,26,32). The summed E-state index contributed by atoms with van der Waals surface area (Å²) < 4.78 is 13.9. The number of hydrogen-bond acceptors (Lipinski definition) is 4.